The topological polar surface area (TPSA) is 12.0 Å². The van der Waals surface area contributed by atoms with Gasteiger partial charge in [0.2, 0.25) is 0 Å². The van der Waals surface area contributed by atoms with Gasteiger partial charge in [-0.3, -0.25) is 0 Å². The van der Waals surface area contributed by atoms with Crippen molar-refractivity contribution in [2.24, 2.45) is 5.41 Å². The Hall–Kier alpha value is -2.02. The van der Waals surface area contributed by atoms with Crippen molar-refractivity contribution in [2.45, 2.75) is 27.7 Å². The van der Waals surface area contributed by atoms with Crippen LogP contribution in [0, 0.1) is 5.41 Å². The van der Waals surface area contributed by atoms with Crippen molar-refractivity contribution in [3.05, 3.63) is 71.8 Å². The van der Waals surface area contributed by atoms with E-state index in [1.807, 2.05) is 13.0 Å². The fourth-order valence-corrected chi connectivity index (χ4v) is 2.51. The highest BCUT2D eigenvalue weighted by Crippen LogP contribution is 2.31. The highest BCUT2D eigenvalue weighted by molar-refractivity contribution is 5.77. The third-order valence-electron chi connectivity index (χ3n) is 3.82. The summed E-state index contributed by atoms with van der Waals surface area (Å²) in [4.78, 5) is 0. The highest BCUT2D eigenvalue weighted by atomic mass is 14.9. The Morgan fingerprint density at radius 2 is 2.05 bits per heavy atom. The lowest BCUT2D eigenvalue weighted by Crippen LogP contribution is -2.20. The maximum Gasteiger partial charge on any atom is 0.0419 e. The maximum absolute atomic E-state index is 3.89. The molecule has 0 amide bonds. The Kier molecular flexibility index (Phi) is 4.52. The SMILES string of the molecule is C=C/C(=C\C)c1cccc(C2=CC(C(C)(C)C)=CCN2)c1. The van der Waals surface area contributed by atoms with E-state index in [-0.39, 0.29) is 5.41 Å². The summed E-state index contributed by atoms with van der Waals surface area (Å²) in [5.41, 5.74) is 6.36. The lowest BCUT2D eigenvalue weighted by atomic mass is 9.84. The van der Waals surface area contributed by atoms with Gasteiger partial charge in [0.25, 0.3) is 0 Å². The molecule has 0 fully saturated rings. The average Bonchev–Trinajstić information content (AvgIpc) is 2.48. The van der Waals surface area contributed by atoms with Gasteiger partial charge in [-0.05, 0) is 46.8 Å². The van der Waals surface area contributed by atoms with Gasteiger partial charge in [0.1, 0.15) is 0 Å². The summed E-state index contributed by atoms with van der Waals surface area (Å²) in [7, 11) is 0. The third-order valence-corrected chi connectivity index (χ3v) is 3.82. The zero-order chi connectivity index (χ0) is 15.5. The summed E-state index contributed by atoms with van der Waals surface area (Å²) in [6, 6.07) is 8.62. The van der Waals surface area contributed by atoms with Gasteiger partial charge in [0.15, 0.2) is 0 Å². The predicted octanol–water partition coefficient (Wildman–Crippen LogP) is 5.19. The van der Waals surface area contributed by atoms with Gasteiger partial charge in [0.05, 0.1) is 0 Å². The summed E-state index contributed by atoms with van der Waals surface area (Å²) in [5, 5.41) is 3.48. The van der Waals surface area contributed by atoms with Gasteiger partial charge in [0, 0.05) is 12.2 Å². The number of benzene rings is 1. The molecule has 1 aromatic rings. The van der Waals surface area contributed by atoms with Crippen molar-refractivity contribution in [3.63, 3.8) is 0 Å². The van der Waals surface area contributed by atoms with E-state index in [1.54, 1.807) is 0 Å². The van der Waals surface area contributed by atoms with Crippen LogP contribution < -0.4 is 5.32 Å². The molecule has 0 aromatic heterocycles. The Balaban J connectivity index is 2.39. The minimum atomic E-state index is 0.181. The predicted molar refractivity (Wildman–Crippen MR) is 93.8 cm³/mol. The molecule has 0 bridgehead atoms. The third kappa shape index (κ3) is 3.55. The molecule has 1 aromatic carbocycles. The minimum absolute atomic E-state index is 0.181. The van der Waals surface area contributed by atoms with Gasteiger partial charge in [-0.15, -0.1) is 0 Å². The van der Waals surface area contributed by atoms with E-state index in [4.69, 9.17) is 0 Å². The lowest BCUT2D eigenvalue weighted by molar-refractivity contribution is 0.513. The fourth-order valence-electron chi connectivity index (χ4n) is 2.51. The molecule has 1 aliphatic rings. The molecule has 1 N–H and O–H groups in total. The molecule has 0 aliphatic carbocycles. The van der Waals surface area contributed by atoms with E-state index >= 15 is 0 Å². The minimum Gasteiger partial charge on any atom is -0.381 e. The molecule has 0 unspecified atom stereocenters. The zero-order valence-electron chi connectivity index (χ0n) is 13.5. The van der Waals surface area contributed by atoms with Crippen molar-refractivity contribution in [2.75, 3.05) is 6.54 Å². The number of rotatable bonds is 3. The molecule has 2 rings (SSSR count). The number of hydrogen-bond donors (Lipinski definition) is 1. The Bertz CT molecular complexity index is 621. The first kappa shape index (κ1) is 15.4. The van der Waals surface area contributed by atoms with Crippen LogP contribution in [0.2, 0.25) is 0 Å². The fraction of sp³-hybridized carbons (Fsp3) is 0.300. The molecule has 0 atom stereocenters. The zero-order valence-corrected chi connectivity index (χ0v) is 13.5. The van der Waals surface area contributed by atoms with Crippen LogP contribution in [0.25, 0.3) is 11.3 Å². The van der Waals surface area contributed by atoms with Crippen molar-refractivity contribution in [3.8, 4) is 0 Å². The second kappa shape index (κ2) is 6.17. The van der Waals surface area contributed by atoms with Crippen molar-refractivity contribution >= 4 is 11.3 Å². The Morgan fingerprint density at radius 3 is 2.67 bits per heavy atom. The second-order valence-electron chi connectivity index (χ2n) is 6.38. The van der Waals surface area contributed by atoms with E-state index in [1.165, 1.54) is 28.0 Å². The standard InChI is InChI=1S/C20H25N/c1-6-15(7-2)16-9-8-10-17(13-16)19-14-18(11-12-21-19)20(3,4)5/h6-11,13-14,21H,1,12H2,2-5H3/b15-7+. The van der Waals surface area contributed by atoms with E-state index in [0.29, 0.717) is 0 Å². The Morgan fingerprint density at radius 1 is 1.29 bits per heavy atom. The molecule has 0 saturated heterocycles. The van der Waals surface area contributed by atoms with Gasteiger partial charge < -0.3 is 5.32 Å². The van der Waals surface area contributed by atoms with Gasteiger partial charge in [-0.25, -0.2) is 0 Å². The number of allylic oxidation sites excluding steroid dienone is 5. The second-order valence-corrected chi connectivity index (χ2v) is 6.38. The van der Waals surface area contributed by atoms with E-state index < -0.39 is 0 Å². The maximum atomic E-state index is 3.89. The van der Waals surface area contributed by atoms with Gasteiger partial charge in [-0.2, -0.15) is 0 Å². The normalized spacial score (nSPS) is 15.9. The molecular formula is C20H25N. The number of nitrogens with one attached hydrogen (secondary N) is 1. The van der Waals surface area contributed by atoms with Crippen molar-refractivity contribution in [1.82, 2.24) is 5.32 Å². The average molecular weight is 279 g/mol. The van der Waals surface area contributed by atoms with E-state index in [0.717, 1.165) is 6.54 Å². The first-order valence-electron chi connectivity index (χ1n) is 7.51. The molecule has 21 heavy (non-hydrogen) atoms. The molecule has 0 radical (unpaired) electrons. The number of dihydropyridines is 1. The van der Waals surface area contributed by atoms with Crippen LogP contribution >= 0.6 is 0 Å². The number of hydrogen-bond acceptors (Lipinski definition) is 1. The summed E-state index contributed by atoms with van der Waals surface area (Å²) in [6.45, 7) is 13.6. The summed E-state index contributed by atoms with van der Waals surface area (Å²) in [5.74, 6) is 0. The highest BCUT2D eigenvalue weighted by Gasteiger charge is 2.18. The van der Waals surface area contributed by atoms with Crippen LogP contribution in [0.5, 0.6) is 0 Å². The molecule has 110 valence electrons. The van der Waals surface area contributed by atoms with Crippen molar-refractivity contribution in [1.29, 1.82) is 0 Å². The summed E-state index contributed by atoms with van der Waals surface area (Å²) < 4.78 is 0. The molecule has 0 saturated carbocycles. The van der Waals surface area contributed by atoms with Crippen LogP contribution in [0.4, 0.5) is 0 Å². The van der Waals surface area contributed by atoms with Crippen LogP contribution in [0.1, 0.15) is 38.8 Å². The molecule has 1 nitrogen and oxygen atoms in total. The smallest absolute Gasteiger partial charge is 0.0419 e. The van der Waals surface area contributed by atoms with Gasteiger partial charge in [-0.1, -0.05) is 63.8 Å². The molecule has 1 aliphatic heterocycles. The van der Waals surface area contributed by atoms with E-state index in [2.05, 4.69) is 75.2 Å². The van der Waals surface area contributed by atoms with Crippen molar-refractivity contribution < 1.29 is 0 Å². The lowest BCUT2D eigenvalue weighted by Gasteiger charge is -2.26. The van der Waals surface area contributed by atoms with Gasteiger partial charge >= 0.3 is 0 Å². The van der Waals surface area contributed by atoms with E-state index in [9.17, 15) is 0 Å². The van der Waals surface area contributed by atoms with Crippen LogP contribution in [0.3, 0.4) is 0 Å². The Labute approximate surface area is 128 Å². The summed E-state index contributed by atoms with van der Waals surface area (Å²) in [6.07, 6.45) is 8.54. The van der Waals surface area contributed by atoms with Crippen LogP contribution in [0.15, 0.2) is 60.7 Å². The first-order valence-corrected chi connectivity index (χ1v) is 7.51. The first-order chi connectivity index (χ1) is 9.95. The largest absolute Gasteiger partial charge is 0.381 e. The van der Waals surface area contributed by atoms with Crippen LogP contribution in [-0.4, -0.2) is 6.54 Å². The molecule has 1 heteroatoms. The summed E-state index contributed by atoms with van der Waals surface area (Å²) >= 11 is 0. The molecule has 1 heterocycles. The quantitative estimate of drug-likeness (QED) is 0.751. The van der Waals surface area contributed by atoms with Crippen LogP contribution in [-0.2, 0) is 0 Å². The molecule has 0 spiro atoms. The monoisotopic (exact) mass is 279 g/mol. The molecular weight excluding hydrogens is 254 g/mol.